The van der Waals surface area contributed by atoms with Crippen LogP contribution in [-0.2, 0) is 4.12 Å². The van der Waals surface area contributed by atoms with E-state index in [0.717, 1.165) is 0 Å². The van der Waals surface area contributed by atoms with Gasteiger partial charge in [0.15, 0.2) is 0 Å². The molecule has 0 amide bonds. The Kier molecular flexibility index (Phi) is 24.4. The first-order chi connectivity index (χ1) is 3.41. The third kappa shape index (κ3) is 19.7. The van der Waals surface area contributed by atoms with Gasteiger partial charge in [0.1, 0.15) is 16.3 Å². The van der Waals surface area contributed by atoms with Crippen LogP contribution >= 0.6 is 0 Å². The van der Waals surface area contributed by atoms with Crippen LogP contribution in [0, 0.1) is 0 Å². The van der Waals surface area contributed by atoms with E-state index in [4.69, 9.17) is 4.80 Å². The average Bonchev–Trinajstić information content (AvgIpc) is 1.75. The number of rotatable bonds is 2. The standard InChI is InChI=1S/CH4O2Si2.CH3.Al/c1-4-3-5-2;;/h2H,1H3;1H3;. The van der Waals surface area contributed by atoms with Crippen molar-refractivity contribution >= 4 is 36.1 Å². The molecule has 1 N–H and O–H groups in total. The van der Waals surface area contributed by atoms with E-state index in [2.05, 4.69) is 20.4 Å². The molecule has 0 atom stereocenters. The summed E-state index contributed by atoms with van der Waals surface area (Å²) in [6, 6.07) is 0. The predicted octanol–water partition coefficient (Wildman–Crippen LogP) is -0.600. The van der Waals surface area contributed by atoms with Crippen molar-refractivity contribution < 1.29 is 8.91 Å². The van der Waals surface area contributed by atoms with Crippen LogP contribution in [-0.4, -0.2) is 40.9 Å². The van der Waals surface area contributed by atoms with Gasteiger partial charge in [-0.1, -0.05) is 0 Å². The fourth-order valence-corrected chi connectivity index (χ4v) is 0.411. The van der Waals surface area contributed by atoms with E-state index in [1.54, 1.807) is 0 Å². The lowest BCUT2D eigenvalue weighted by atomic mass is 11.9. The smallest absolute Gasteiger partial charge is 0.418 e. The molecule has 0 saturated heterocycles. The monoisotopic (exact) mass is 146 g/mol. The fraction of sp³-hybridized carbons (Fsp3) is 1.00. The third-order valence-corrected chi connectivity index (χ3v) is 1.33. The van der Waals surface area contributed by atoms with Crippen molar-refractivity contribution in [2.24, 2.45) is 0 Å². The quantitative estimate of drug-likeness (QED) is 0.527. The van der Waals surface area contributed by atoms with Gasteiger partial charge in [0.2, 0.25) is 9.76 Å². The molecule has 0 spiro atoms. The van der Waals surface area contributed by atoms with Gasteiger partial charge in [0.25, 0.3) is 0 Å². The summed E-state index contributed by atoms with van der Waals surface area (Å²) < 4.78 is 4.44. The molecule has 0 aromatic heterocycles. The highest BCUT2D eigenvalue weighted by molar-refractivity contribution is 6.37. The van der Waals surface area contributed by atoms with E-state index in [1.807, 2.05) is 12.3 Å². The molecule has 38 valence electrons. The molecule has 0 saturated carbocycles. The summed E-state index contributed by atoms with van der Waals surface area (Å²) in [7, 11) is 0.0903. The molecular weight excluding hydrogens is 139 g/mol. The van der Waals surface area contributed by atoms with Crippen molar-refractivity contribution in [1.82, 2.24) is 0 Å². The maximum absolute atomic E-state index is 7.88. The van der Waals surface area contributed by atoms with Crippen molar-refractivity contribution in [2.45, 2.75) is 12.3 Å². The van der Waals surface area contributed by atoms with Crippen LogP contribution in [0.3, 0.4) is 0 Å². The fourth-order valence-electron chi connectivity index (χ4n) is 0.0456. The van der Waals surface area contributed by atoms with Gasteiger partial charge in [-0.2, -0.15) is 0 Å². The second-order valence-electron chi connectivity index (χ2n) is 0.397. The highest BCUT2D eigenvalue weighted by Gasteiger charge is 1.75. The maximum atomic E-state index is 7.88. The lowest BCUT2D eigenvalue weighted by molar-refractivity contribution is 0.471. The highest BCUT2D eigenvalue weighted by Crippen LogP contribution is 1.53. The van der Waals surface area contributed by atoms with Crippen molar-refractivity contribution in [1.29, 1.82) is 0 Å². The molecule has 0 fully saturated rings. The van der Waals surface area contributed by atoms with Crippen molar-refractivity contribution in [3.8, 4) is 0 Å². The zero-order valence-corrected chi connectivity index (χ0v) is 7.59. The summed E-state index contributed by atoms with van der Waals surface area (Å²) in [5, 5.41) is 0. The molecule has 0 aliphatic carbocycles. The minimum absolute atomic E-state index is 0.330. The number of hydrogen-bond donors (Lipinski definition) is 1. The molecule has 7 heavy (non-hydrogen) atoms. The van der Waals surface area contributed by atoms with Gasteiger partial charge in [0, 0.05) is 0 Å². The lowest BCUT2D eigenvalue weighted by Crippen LogP contribution is -1.97. The van der Waals surface area contributed by atoms with Crippen LogP contribution in [0.2, 0.25) is 12.3 Å². The zero-order chi connectivity index (χ0) is 6.12. The van der Waals surface area contributed by atoms with Gasteiger partial charge >= 0.3 is 10.0 Å². The SMILES string of the molecule is C[Si]O[Si]O.[CH3][Al]. The summed E-state index contributed by atoms with van der Waals surface area (Å²) in [5.41, 5.74) is 0. The first-order valence-electron chi connectivity index (χ1n) is 1.71. The molecule has 2 nitrogen and oxygen atoms in total. The molecule has 0 aromatic carbocycles. The van der Waals surface area contributed by atoms with Gasteiger partial charge in [-0.05, 0) is 6.55 Å². The average molecular weight is 146 g/mol. The van der Waals surface area contributed by atoms with Crippen LogP contribution in [0.25, 0.3) is 0 Å². The van der Waals surface area contributed by atoms with E-state index in [1.165, 1.54) is 0 Å². The Hall–Kier alpha value is 0.886. The Morgan fingerprint density at radius 3 is 2.00 bits per heavy atom. The topological polar surface area (TPSA) is 29.5 Å². The highest BCUT2D eigenvalue weighted by atomic mass is 28.3. The van der Waals surface area contributed by atoms with Crippen molar-refractivity contribution in [3.05, 3.63) is 0 Å². The van der Waals surface area contributed by atoms with Gasteiger partial charge in [-0.25, -0.2) is 0 Å². The van der Waals surface area contributed by atoms with Crippen LogP contribution < -0.4 is 0 Å². The first kappa shape index (κ1) is 10.8. The Balaban J connectivity index is 0. The Morgan fingerprint density at radius 1 is 1.57 bits per heavy atom. The van der Waals surface area contributed by atoms with Gasteiger partial charge in [0.05, 0.1) is 0 Å². The molecule has 0 aliphatic rings. The van der Waals surface area contributed by atoms with Crippen LogP contribution in [0.1, 0.15) is 0 Å². The third-order valence-electron chi connectivity index (χ3n) is 0.148. The Morgan fingerprint density at radius 2 is 2.00 bits per heavy atom. The summed E-state index contributed by atoms with van der Waals surface area (Å²) in [6.07, 6.45) is 0. The molecule has 0 unspecified atom stereocenters. The minimum atomic E-state index is -0.330. The van der Waals surface area contributed by atoms with Crippen LogP contribution in [0.5, 0.6) is 0 Å². The predicted molar refractivity (Wildman–Crippen MR) is 32.3 cm³/mol. The second kappa shape index (κ2) is 15.8. The summed E-state index contributed by atoms with van der Waals surface area (Å²) in [6.45, 7) is 1.86. The van der Waals surface area contributed by atoms with E-state index in [9.17, 15) is 0 Å². The molecule has 0 heterocycles. The largest absolute Gasteiger partial charge is 0.434 e. The van der Waals surface area contributed by atoms with E-state index in [0.29, 0.717) is 9.76 Å². The van der Waals surface area contributed by atoms with Crippen molar-refractivity contribution in [3.63, 3.8) is 0 Å². The van der Waals surface area contributed by atoms with Crippen LogP contribution in [0.4, 0.5) is 0 Å². The second-order valence-corrected chi connectivity index (χ2v) is 1.80. The van der Waals surface area contributed by atoms with E-state index < -0.39 is 0 Å². The molecule has 0 aromatic rings. The van der Waals surface area contributed by atoms with Gasteiger partial charge in [-0.3, -0.25) is 0 Å². The van der Waals surface area contributed by atoms with Crippen LogP contribution in [0.15, 0.2) is 0 Å². The Bertz CT molecular complexity index is 21.2. The molecule has 6 radical (unpaired) electrons. The molecule has 5 heteroatoms. The molecular formula is C2H7AlO2Si2. The van der Waals surface area contributed by atoms with Gasteiger partial charge in [-0.15, -0.1) is 5.79 Å². The van der Waals surface area contributed by atoms with Gasteiger partial charge < -0.3 is 8.91 Å². The zero-order valence-electron chi connectivity index (χ0n) is 4.43. The van der Waals surface area contributed by atoms with E-state index >= 15 is 0 Å². The number of hydrogen-bond acceptors (Lipinski definition) is 2. The Labute approximate surface area is 57.7 Å². The molecule has 0 rings (SSSR count). The minimum Gasteiger partial charge on any atom is -0.434 e. The normalized spacial score (nSPS) is 6.71. The van der Waals surface area contributed by atoms with Crippen molar-refractivity contribution in [2.75, 3.05) is 0 Å². The van der Waals surface area contributed by atoms with E-state index in [-0.39, 0.29) is 10.0 Å². The first-order valence-corrected chi connectivity index (χ1v) is 5.13. The summed E-state index contributed by atoms with van der Waals surface area (Å²) in [5.74, 6) is 1.92. The summed E-state index contributed by atoms with van der Waals surface area (Å²) in [4.78, 5) is 7.88. The summed E-state index contributed by atoms with van der Waals surface area (Å²) >= 11 is 2.42. The lowest BCUT2D eigenvalue weighted by Gasteiger charge is -1.80. The maximum Gasteiger partial charge on any atom is 0.418 e. The molecule has 0 aliphatic heterocycles. The molecule has 0 bridgehead atoms.